The van der Waals surface area contributed by atoms with Gasteiger partial charge in [-0.3, -0.25) is 9.59 Å². The highest BCUT2D eigenvalue weighted by Crippen LogP contribution is 2.16. The maximum atomic E-state index is 12.8. The molecule has 0 spiro atoms. The molecular formula is C21H26N3O4S+. The van der Waals surface area contributed by atoms with Crippen LogP contribution in [0, 0.1) is 0 Å². The summed E-state index contributed by atoms with van der Waals surface area (Å²) in [6.07, 6.45) is 0. The highest BCUT2D eigenvalue weighted by Gasteiger charge is 2.31. The van der Waals surface area contributed by atoms with Gasteiger partial charge in [-0.25, -0.2) is 8.42 Å². The third-order valence-corrected chi connectivity index (χ3v) is 6.98. The minimum absolute atomic E-state index is 0.0417. The van der Waals surface area contributed by atoms with Crippen LogP contribution in [0.3, 0.4) is 0 Å². The summed E-state index contributed by atoms with van der Waals surface area (Å²) in [7, 11) is -3.59. The molecule has 1 fully saturated rings. The first-order valence-electron chi connectivity index (χ1n) is 9.61. The van der Waals surface area contributed by atoms with Crippen LogP contribution >= 0.6 is 0 Å². The van der Waals surface area contributed by atoms with E-state index in [1.54, 1.807) is 0 Å². The Labute approximate surface area is 171 Å². The lowest BCUT2D eigenvalue weighted by atomic mass is 10.2. The SMILES string of the molecule is CC(=O)c1ccc(S(=O)(=O)N2CC[NH+](CC(=O)NCc3ccccc3)CC2)cc1. The Morgan fingerprint density at radius 1 is 1.00 bits per heavy atom. The number of quaternary nitrogens is 1. The summed E-state index contributed by atoms with van der Waals surface area (Å²) in [6.45, 7) is 4.13. The molecule has 0 aromatic heterocycles. The van der Waals surface area contributed by atoms with Crippen molar-refractivity contribution >= 4 is 21.7 Å². The van der Waals surface area contributed by atoms with Gasteiger partial charge in [-0.15, -0.1) is 0 Å². The number of amides is 1. The molecule has 0 bridgehead atoms. The number of nitrogens with zero attached hydrogens (tertiary/aromatic N) is 1. The highest BCUT2D eigenvalue weighted by atomic mass is 32.2. The van der Waals surface area contributed by atoms with Gasteiger partial charge in [0.15, 0.2) is 12.3 Å². The molecule has 0 saturated carbocycles. The van der Waals surface area contributed by atoms with E-state index in [4.69, 9.17) is 0 Å². The molecule has 3 rings (SSSR count). The summed E-state index contributed by atoms with van der Waals surface area (Å²) in [6, 6.07) is 15.7. The molecule has 2 aromatic carbocycles. The number of benzene rings is 2. The van der Waals surface area contributed by atoms with E-state index < -0.39 is 10.0 Å². The summed E-state index contributed by atoms with van der Waals surface area (Å²) < 4.78 is 27.1. The first-order valence-corrected chi connectivity index (χ1v) is 11.1. The van der Waals surface area contributed by atoms with Crippen molar-refractivity contribution in [3.63, 3.8) is 0 Å². The average molecular weight is 417 g/mol. The number of rotatable bonds is 7. The van der Waals surface area contributed by atoms with Crippen molar-refractivity contribution in [3.05, 3.63) is 65.7 Å². The molecule has 1 saturated heterocycles. The van der Waals surface area contributed by atoms with Crippen LogP contribution in [0.15, 0.2) is 59.5 Å². The summed E-state index contributed by atoms with van der Waals surface area (Å²) >= 11 is 0. The van der Waals surface area contributed by atoms with E-state index in [9.17, 15) is 18.0 Å². The number of Topliss-reactive ketones (excluding diaryl/α,β-unsaturated/α-hetero) is 1. The molecule has 1 amide bonds. The van der Waals surface area contributed by atoms with E-state index in [0.29, 0.717) is 44.8 Å². The molecule has 7 nitrogen and oxygen atoms in total. The van der Waals surface area contributed by atoms with E-state index in [-0.39, 0.29) is 16.6 Å². The Kier molecular flexibility index (Phi) is 6.79. The first kappa shape index (κ1) is 21.2. The fourth-order valence-corrected chi connectivity index (χ4v) is 4.76. The summed E-state index contributed by atoms with van der Waals surface area (Å²) in [4.78, 5) is 24.8. The average Bonchev–Trinajstić information content (AvgIpc) is 2.73. The molecule has 0 radical (unpaired) electrons. The topological polar surface area (TPSA) is 88.0 Å². The van der Waals surface area contributed by atoms with E-state index in [2.05, 4.69) is 5.32 Å². The predicted octanol–water partition coefficient (Wildman–Crippen LogP) is 0.0948. The zero-order valence-electron chi connectivity index (χ0n) is 16.4. The van der Waals surface area contributed by atoms with Crippen LogP contribution < -0.4 is 10.2 Å². The van der Waals surface area contributed by atoms with Gasteiger partial charge in [-0.05, 0) is 24.6 Å². The first-order chi connectivity index (χ1) is 13.9. The van der Waals surface area contributed by atoms with Crippen molar-refractivity contribution in [1.29, 1.82) is 0 Å². The number of hydrogen-bond acceptors (Lipinski definition) is 4. The quantitative estimate of drug-likeness (QED) is 0.627. The highest BCUT2D eigenvalue weighted by molar-refractivity contribution is 7.89. The van der Waals surface area contributed by atoms with Crippen molar-refractivity contribution in [1.82, 2.24) is 9.62 Å². The standard InChI is InChI=1S/C21H25N3O4S/c1-17(25)19-7-9-20(10-8-19)29(27,28)24-13-11-23(12-14-24)16-21(26)22-15-18-5-3-2-4-6-18/h2-10H,11-16H2,1H3,(H,22,26)/p+1. The van der Waals surface area contributed by atoms with Crippen LogP contribution in [-0.2, 0) is 21.4 Å². The third-order valence-electron chi connectivity index (χ3n) is 5.07. The molecule has 1 heterocycles. The minimum Gasteiger partial charge on any atom is -0.347 e. The maximum absolute atomic E-state index is 12.8. The summed E-state index contributed by atoms with van der Waals surface area (Å²) in [5.41, 5.74) is 1.53. The smallest absolute Gasteiger partial charge is 0.275 e. The van der Waals surface area contributed by atoms with Crippen LogP contribution in [0.1, 0.15) is 22.8 Å². The number of carbonyl (C=O) groups is 2. The lowest BCUT2D eigenvalue weighted by Gasteiger charge is -2.31. The molecule has 1 aliphatic heterocycles. The Bertz CT molecular complexity index is 951. The van der Waals surface area contributed by atoms with Crippen LogP contribution in [0.4, 0.5) is 0 Å². The number of carbonyl (C=O) groups excluding carboxylic acids is 2. The number of nitrogens with one attached hydrogen (secondary N) is 2. The van der Waals surface area contributed by atoms with E-state index in [0.717, 1.165) is 10.5 Å². The van der Waals surface area contributed by atoms with Gasteiger partial charge in [0.25, 0.3) is 5.91 Å². The molecule has 0 unspecified atom stereocenters. The van der Waals surface area contributed by atoms with Gasteiger partial charge in [0.1, 0.15) is 0 Å². The fourth-order valence-electron chi connectivity index (χ4n) is 3.32. The molecule has 2 aromatic rings. The molecule has 0 atom stereocenters. The van der Waals surface area contributed by atoms with Crippen molar-refractivity contribution in [2.24, 2.45) is 0 Å². The number of sulfonamides is 1. The van der Waals surface area contributed by atoms with E-state index >= 15 is 0 Å². The number of piperazine rings is 1. The maximum Gasteiger partial charge on any atom is 0.275 e. The fraction of sp³-hybridized carbons (Fsp3) is 0.333. The molecule has 0 aliphatic carbocycles. The lowest BCUT2D eigenvalue weighted by molar-refractivity contribution is -0.895. The van der Waals surface area contributed by atoms with Crippen LogP contribution in [0.2, 0.25) is 0 Å². The van der Waals surface area contributed by atoms with Gasteiger partial charge >= 0.3 is 0 Å². The molecule has 1 aliphatic rings. The van der Waals surface area contributed by atoms with E-state index in [1.807, 2.05) is 30.3 Å². The van der Waals surface area contributed by atoms with Gasteiger partial charge in [0.2, 0.25) is 10.0 Å². The molecular weight excluding hydrogens is 390 g/mol. The van der Waals surface area contributed by atoms with Gasteiger partial charge in [-0.2, -0.15) is 4.31 Å². The number of hydrogen-bond donors (Lipinski definition) is 2. The monoisotopic (exact) mass is 416 g/mol. The largest absolute Gasteiger partial charge is 0.347 e. The Morgan fingerprint density at radius 3 is 2.21 bits per heavy atom. The van der Waals surface area contributed by atoms with Crippen molar-refractivity contribution in [2.45, 2.75) is 18.4 Å². The predicted molar refractivity (Wildman–Crippen MR) is 109 cm³/mol. The Hall–Kier alpha value is -2.55. The van der Waals surface area contributed by atoms with Gasteiger partial charge < -0.3 is 10.2 Å². The second kappa shape index (κ2) is 9.30. The normalized spacial score (nSPS) is 15.8. The summed E-state index contributed by atoms with van der Waals surface area (Å²) in [5.74, 6) is -0.142. The van der Waals surface area contributed by atoms with Crippen LogP contribution in [-0.4, -0.2) is 57.1 Å². The molecule has 154 valence electrons. The van der Waals surface area contributed by atoms with Gasteiger partial charge in [-0.1, -0.05) is 42.5 Å². The zero-order valence-corrected chi connectivity index (χ0v) is 17.2. The molecule has 2 N–H and O–H groups in total. The zero-order chi connectivity index (χ0) is 20.9. The van der Waals surface area contributed by atoms with Gasteiger partial charge in [0, 0.05) is 12.1 Å². The summed E-state index contributed by atoms with van der Waals surface area (Å²) in [5, 5.41) is 2.91. The lowest BCUT2D eigenvalue weighted by Crippen LogP contribution is -3.15. The van der Waals surface area contributed by atoms with Crippen LogP contribution in [0.25, 0.3) is 0 Å². The van der Waals surface area contributed by atoms with Crippen molar-refractivity contribution in [2.75, 3.05) is 32.7 Å². The second-order valence-electron chi connectivity index (χ2n) is 7.17. The Balaban J connectivity index is 1.50. The van der Waals surface area contributed by atoms with Crippen molar-refractivity contribution < 1.29 is 22.9 Å². The molecule has 8 heteroatoms. The van der Waals surface area contributed by atoms with Crippen LogP contribution in [0.5, 0.6) is 0 Å². The van der Waals surface area contributed by atoms with Gasteiger partial charge in [0.05, 0.1) is 31.1 Å². The Morgan fingerprint density at radius 2 is 1.62 bits per heavy atom. The third kappa shape index (κ3) is 5.50. The minimum atomic E-state index is -3.59. The van der Waals surface area contributed by atoms with E-state index in [1.165, 1.54) is 35.5 Å². The van der Waals surface area contributed by atoms with Crippen molar-refractivity contribution in [3.8, 4) is 0 Å². The molecule has 29 heavy (non-hydrogen) atoms. The second-order valence-corrected chi connectivity index (χ2v) is 9.11. The number of ketones is 1.